The molecule has 8 aromatic carbocycles. The molecule has 210 valence electrons. The van der Waals surface area contributed by atoms with Gasteiger partial charge in [-0.2, -0.15) is 0 Å². The monoisotopic (exact) mass is 593 g/mol. The van der Waals surface area contributed by atoms with Crippen molar-refractivity contribution < 1.29 is 6.85 Å². The van der Waals surface area contributed by atoms with Crippen LogP contribution in [0.3, 0.4) is 0 Å². The molecule has 0 radical (unpaired) electrons. The van der Waals surface area contributed by atoms with E-state index in [1.165, 1.54) is 36.9 Å². The van der Waals surface area contributed by atoms with Gasteiger partial charge in [0.25, 0.3) is 0 Å². The van der Waals surface area contributed by atoms with Crippen molar-refractivity contribution in [2.24, 2.45) is 0 Å². The summed E-state index contributed by atoms with van der Waals surface area (Å²) in [6.45, 7) is 0. The maximum absolute atomic E-state index is 8.85. The average Bonchev–Trinajstić information content (AvgIpc) is 3.55. The second-order valence-electron chi connectivity index (χ2n) is 11.2. The number of benzene rings is 8. The van der Waals surface area contributed by atoms with Gasteiger partial charge in [-0.1, -0.05) is 158 Å². The summed E-state index contributed by atoms with van der Waals surface area (Å²) in [6.07, 6.45) is 0. The molecule has 45 heavy (non-hydrogen) atoms. The van der Waals surface area contributed by atoms with Gasteiger partial charge < -0.3 is 0 Å². The minimum Gasteiger partial charge on any atom is -0.135 e. The highest BCUT2D eigenvalue weighted by atomic mass is 32.1. The van der Waals surface area contributed by atoms with E-state index in [4.69, 9.17) is 6.85 Å². The topological polar surface area (TPSA) is 0 Å². The van der Waals surface area contributed by atoms with Crippen LogP contribution in [0.25, 0.3) is 86.2 Å². The molecule has 1 aromatic heterocycles. The lowest BCUT2D eigenvalue weighted by Crippen LogP contribution is -1.91. The Labute approximate surface area is 273 Å². The predicted octanol–water partition coefficient (Wildman–Crippen LogP) is 13.0. The van der Waals surface area contributed by atoms with Gasteiger partial charge in [-0.05, 0) is 78.2 Å². The fraction of sp³-hybridized carbons (Fsp3) is 0. The SMILES string of the molecule is [2H]c1c([2H])c([2H])c(-c2c3ccccc3c(-c3ccc(-c4c(-c5ccccc5)ccc5sc6ccccc6c45)cc3)c3ccccc23)c([2H])c1[2H]. The summed E-state index contributed by atoms with van der Waals surface area (Å²) in [5, 5.41) is 6.10. The van der Waals surface area contributed by atoms with Gasteiger partial charge in [0.05, 0.1) is 6.85 Å². The highest BCUT2D eigenvalue weighted by Crippen LogP contribution is 2.47. The largest absolute Gasteiger partial charge is 0.135 e. The zero-order valence-corrected chi connectivity index (χ0v) is 25.0. The van der Waals surface area contributed by atoms with E-state index >= 15 is 0 Å². The first kappa shape index (κ1) is 21.2. The van der Waals surface area contributed by atoms with Crippen molar-refractivity contribution in [3.05, 3.63) is 170 Å². The van der Waals surface area contributed by atoms with Crippen LogP contribution in [-0.2, 0) is 0 Å². The van der Waals surface area contributed by atoms with E-state index in [1.807, 2.05) is 53.8 Å². The van der Waals surface area contributed by atoms with Gasteiger partial charge in [-0.15, -0.1) is 11.3 Å². The Morgan fingerprint density at radius 3 is 1.49 bits per heavy atom. The average molecular weight is 594 g/mol. The van der Waals surface area contributed by atoms with Crippen LogP contribution in [0.5, 0.6) is 0 Å². The first-order valence-corrected chi connectivity index (χ1v) is 15.8. The summed E-state index contributed by atoms with van der Waals surface area (Å²) < 4.78 is 45.2. The van der Waals surface area contributed by atoms with E-state index in [1.54, 1.807) is 0 Å². The van der Waals surface area contributed by atoms with E-state index in [0.717, 1.165) is 38.2 Å². The molecule has 0 saturated heterocycles. The Kier molecular flexibility index (Phi) is 5.00. The number of rotatable bonds is 4. The molecule has 0 aliphatic rings. The molecule has 0 fully saturated rings. The maximum Gasteiger partial charge on any atom is 0.0629 e. The molecular weight excluding hydrogens is 561 g/mol. The molecule has 0 saturated carbocycles. The normalized spacial score (nSPS) is 13.1. The fourth-order valence-corrected chi connectivity index (χ4v) is 7.98. The van der Waals surface area contributed by atoms with E-state index in [-0.39, 0.29) is 29.7 Å². The van der Waals surface area contributed by atoms with Crippen molar-refractivity contribution in [1.82, 2.24) is 0 Å². The molecule has 0 spiro atoms. The summed E-state index contributed by atoms with van der Waals surface area (Å²) >= 11 is 1.82. The smallest absolute Gasteiger partial charge is 0.0629 e. The minimum atomic E-state index is -0.393. The molecule has 0 unspecified atom stereocenters. The molecular formula is C44H28S. The van der Waals surface area contributed by atoms with Crippen LogP contribution in [0.2, 0.25) is 0 Å². The zero-order chi connectivity index (χ0) is 34.1. The molecule has 9 aromatic rings. The van der Waals surface area contributed by atoms with Crippen molar-refractivity contribution in [1.29, 1.82) is 0 Å². The summed E-state index contributed by atoms with van der Waals surface area (Å²) in [6, 6.07) is 47.0. The van der Waals surface area contributed by atoms with E-state index in [0.29, 0.717) is 5.56 Å². The minimum absolute atomic E-state index is 0.201. The summed E-state index contributed by atoms with van der Waals surface area (Å²) in [4.78, 5) is 0. The van der Waals surface area contributed by atoms with Gasteiger partial charge in [0.15, 0.2) is 0 Å². The third-order valence-electron chi connectivity index (χ3n) is 8.77. The standard InChI is InChI=1S/C44H28S/c1-3-13-29(14-4-1)33-27-28-40-44(38-21-11-12-22-39(38)45-40)43(33)32-25-23-31(24-26-32)42-36-19-9-7-17-34(36)41(30-15-5-2-6-16-30)35-18-8-10-20-37(35)42/h1-28H/i2D,5D,6D,15D,16D. The van der Waals surface area contributed by atoms with Crippen molar-refractivity contribution >= 4 is 53.1 Å². The second-order valence-corrected chi connectivity index (χ2v) is 12.3. The van der Waals surface area contributed by atoms with Gasteiger partial charge >= 0.3 is 0 Å². The van der Waals surface area contributed by atoms with Crippen molar-refractivity contribution in [3.8, 4) is 44.5 Å². The van der Waals surface area contributed by atoms with Gasteiger partial charge in [-0.25, -0.2) is 0 Å². The molecule has 0 aliphatic heterocycles. The molecule has 0 aliphatic carbocycles. The van der Waals surface area contributed by atoms with Crippen molar-refractivity contribution in [2.45, 2.75) is 0 Å². The molecule has 0 amide bonds. The van der Waals surface area contributed by atoms with Gasteiger partial charge in [0.1, 0.15) is 0 Å². The van der Waals surface area contributed by atoms with Gasteiger partial charge in [-0.3, -0.25) is 0 Å². The van der Waals surface area contributed by atoms with E-state index in [9.17, 15) is 0 Å². The fourth-order valence-electron chi connectivity index (χ4n) is 6.86. The maximum atomic E-state index is 8.85. The number of hydrogen-bond acceptors (Lipinski definition) is 1. The summed E-state index contributed by atoms with van der Waals surface area (Å²) in [5.41, 5.74) is 7.65. The van der Waals surface area contributed by atoms with Crippen molar-refractivity contribution in [3.63, 3.8) is 0 Å². The molecule has 1 heterocycles. The third kappa shape index (κ3) is 4.20. The quantitative estimate of drug-likeness (QED) is 0.178. The summed E-state index contributed by atoms with van der Waals surface area (Å²) in [7, 11) is 0. The Bertz CT molecular complexity index is 2720. The first-order valence-electron chi connectivity index (χ1n) is 17.5. The highest BCUT2D eigenvalue weighted by Gasteiger charge is 2.19. The van der Waals surface area contributed by atoms with E-state index in [2.05, 4.69) is 97.1 Å². The lowest BCUT2D eigenvalue weighted by Gasteiger charge is -2.18. The lowest BCUT2D eigenvalue weighted by molar-refractivity contribution is 1.61. The van der Waals surface area contributed by atoms with E-state index < -0.39 is 6.04 Å². The Morgan fingerprint density at radius 1 is 0.356 bits per heavy atom. The second kappa shape index (κ2) is 10.6. The number of hydrogen-bond donors (Lipinski definition) is 0. The van der Waals surface area contributed by atoms with Gasteiger partial charge in [0, 0.05) is 20.2 Å². The number of fused-ring (bicyclic) bond motifs is 5. The van der Waals surface area contributed by atoms with Crippen LogP contribution < -0.4 is 0 Å². The van der Waals surface area contributed by atoms with Crippen molar-refractivity contribution in [2.75, 3.05) is 0 Å². The molecule has 0 nitrogen and oxygen atoms in total. The molecule has 9 rings (SSSR count). The number of thiophene rings is 1. The van der Waals surface area contributed by atoms with Crippen LogP contribution in [0.1, 0.15) is 6.85 Å². The van der Waals surface area contributed by atoms with Crippen LogP contribution in [0.4, 0.5) is 0 Å². The molecule has 0 N–H and O–H groups in total. The molecule has 0 bridgehead atoms. The Hall–Kier alpha value is -5.50. The zero-order valence-electron chi connectivity index (χ0n) is 29.2. The van der Waals surface area contributed by atoms with Crippen LogP contribution in [-0.4, -0.2) is 0 Å². The molecule has 0 atom stereocenters. The summed E-state index contributed by atoms with van der Waals surface area (Å²) in [5.74, 6) is 0. The Balaban J connectivity index is 1.31. The van der Waals surface area contributed by atoms with Crippen LogP contribution >= 0.6 is 11.3 Å². The van der Waals surface area contributed by atoms with Gasteiger partial charge in [0.2, 0.25) is 0 Å². The molecule has 1 heteroatoms. The lowest BCUT2D eigenvalue weighted by atomic mass is 9.85. The first-order chi connectivity index (χ1) is 24.4. The predicted molar refractivity (Wildman–Crippen MR) is 196 cm³/mol. The van der Waals surface area contributed by atoms with Crippen LogP contribution in [0.15, 0.2) is 170 Å². The Morgan fingerprint density at radius 2 is 0.867 bits per heavy atom. The highest BCUT2D eigenvalue weighted by molar-refractivity contribution is 7.26. The third-order valence-corrected chi connectivity index (χ3v) is 9.91. The van der Waals surface area contributed by atoms with Crippen LogP contribution in [0, 0.1) is 0 Å².